The van der Waals surface area contributed by atoms with Crippen LogP contribution in [0.4, 0.5) is 0 Å². The molecule has 0 atom stereocenters. The number of benzene rings is 19. The normalized spacial score (nSPS) is 12.0. The molecular formula is C116H69N7S3. The van der Waals surface area contributed by atoms with Crippen LogP contribution in [-0.4, -0.2) is 33.6 Å². The van der Waals surface area contributed by atoms with Crippen LogP contribution < -0.4 is 0 Å². The van der Waals surface area contributed by atoms with Gasteiger partial charge in [0.25, 0.3) is 0 Å². The van der Waals surface area contributed by atoms with E-state index in [0.29, 0.717) is 0 Å². The third-order valence-electron chi connectivity index (χ3n) is 25.6. The molecule has 0 unspecified atom stereocenters. The fourth-order valence-corrected chi connectivity index (χ4v) is 23.8. The molecular weight excluding hydrogens is 1590 g/mol. The maximum absolute atomic E-state index is 5.12. The Kier molecular flexibility index (Phi) is 16.5. The van der Waals surface area contributed by atoms with Gasteiger partial charge in [-0.2, -0.15) is 0 Å². The van der Waals surface area contributed by atoms with Gasteiger partial charge in [-0.1, -0.05) is 303 Å². The van der Waals surface area contributed by atoms with E-state index in [-0.39, 0.29) is 0 Å². The molecule has 9 heterocycles. The van der Waals surface area contributed by atoms with Crippen molar-refractivity contribution in [1.29, 1.82) is 0 Å². The quantitative estimate of drug-likeness (QED) is 0.159. The van der Waals surface area contributed by atoms with Crippen LogP contribution in [0.5, 0.6) is 0 Å². The van der Waals surface area contributed by atoms with E-state index in [0.717, 1.165) is 89.4 Å². The molecule has 0 aliphatic rings. The highest BCUT2D eigenvalue weighted by Crippen LogP contribution is 2.53. The third-order valence-corrected chi connectivity index (χ3v) is 29.1. The molecule has 9 aromatic heterocycles. The number of nitrogens with zero attached hydrogens (tertiary/aromatic N) is 7. The number of rotatable bonds is 7. The molecule has 10 heteroatoms. The van der Waals surface area contributed by atoms with Gasteiger partial charge in [-0.3, -0.25) is 4.98 Å². The Bertz CT molecular complexity index is 9010. The van der Waals surface area contributed by atoms with Crippen molar-refractivity contribution in [2.45, 2.75) is 0 Å². The monoisotopic (exact) mass is 1660 g/mol. The number of thiophene rings is 3. The Morgan fingerprint density at radius 3 is 1.00 bits per heavy atom. The van der Waals surface area contributed by atoms with E-state index in [1.54, 1.807) is 0 Å². The summed E-state index contributed by atoms with van der Waals surface area (Å²) < 4.78 is 15.3. The predicted molar refractivity (Wildman–Crippen MR) is 539 cm³/mol. The number of aromatic nitrogens is 7. The summed E-state index contributed by atoms with van der Waals surface area (Å²) in [5, 5.41) is 28.2. The molecule has 0 saturated carbocycles. The minimum absolute atomic E-state index is 0.726. The van der Waals surface area contributed by atoms with E-state index in [1.165, 1.54) is 164 Å². The predicted octanol–water partition coefficient (Wildman–Crippen LogP) is 32.6. The Labute approximate surface area is 733 Å². The summed E-state index contributed by atoms with van der Waals surface area (Å²) in [7, 11) is 0. The fourth-order valence-electron chi connectivity index (χ4n) is 20.0. The van der Waals surface area contributed by atoms with Crippen molar-refractivity contribution in [3.8, 4) is 62.2 Å². The molecule has 7 nitrogen and oxygen atoms in total. The SMILES string of the molecule is c1ccc(-c2nc(-c3ccc(-n4c5ccccc5c5c6ccccc6c6c7ccccc7sc6c54)cc3)nc3ccccc23)cc1.c1ccc2cc(-c3ccc(-n4c5ccccc5c5c6ccccc6c6c7ccccc7sc6c54)cc3)ncc2c1.c1ccc2nc(-c3ccc(-n4c5ccccc5c5c6ccccc6c6c7ccccc7sc6c54)cc3)ccc2c1. The number of fused-ring (bicyclic) bond motifs is 33. The van der Waals surface area contributed by atoms with Crippen LogP contribution in [0.15, 0.2) is 419 Å². The highest BCUT2D eigenvalue weighted by Gasteiger charge is 2.27. The Hall–Kier alpha value is -15.8. The zero-order chi connectivity index (χ0) is 82.6. The van der Waals surface area contributed by atoms with Crippen LogP contribution in [0.2, 0.25) is 0 Å². The lowest BCUT2D eigenvalue weighted by Crippen LogP contribution is -1.97. The summed E-state index contributed by atoms with van der Waals surface area (Å²) in [6.45, 7) is 0. The van der Waals surface area contributed by atoms with Crippen LogP contribution >= 0.6 is 34.0 Å². The summed E-state index contributed by atoms with van der Waals surface area (Å²) in [5.41, 5.74) is 20.1. The fraction of sp³-hybridized carbons (Fsp3) is 0. The second-order valence-electron chi connectivity index (χ2n) is 32.5. The van der Waals surface area contributed by atoms with Gasteiger partial charge in [0.1, 0.15) is 0 Å². The third kappa shape index (κ3) is 11.3. The molecule has 0 saturated heterocycles. The molecule has 126 heavy (non-hydrogen) atoms. The van der Waals surface area contributed by atoms with Gasteiger partial charge in [0.2, 0.25) is 0 Å². The van der Waals surface area contributed by atoms with Crippen molar-refractivity contribution in [3.63, 3.8) is 0 Å². The van der Waals surface area contributed by atoms with Crippen molar-refractivity contribution < 1.29 is 0 Å². The standard InChI is InChI=1S/C42H25N3S.2C37H22N2S/c1-2-12-26(13-3-1)39-31-16-6-9-19-34(31)43-42(44-39)27-22-24-28(25-23-27)45-35-20-10-7-17-32(35)37-29-14-4-5-15-30(29)38-33-18-8-11-21-36(33)46-41(38)40(37)45;1-6-14-30-23(9-1)19-22-31(38-30)24-17-20-25(21-18-24)39-32-15-7-4-12-28(32)34-26-10-2-3-11-27(26)35-29-13-5-8-16-33(29)40-37(35)36(34)39;1-2-10-25-22-38-31(21-24(25)9-1)23-17-19-26(20-18-23)39-32-15-7-5-13-29(32)34-27-11-3-4-12-28(27)35-30-14-6-8-16-33(30)40-37(35)36(34)39/h1-25H;2*1-22H. The zero-order valence-corrected chi connectivity index (χ0v) is 70.1. The lowest BCUT2D eigenvalue weighted by molar-refractivity contribution is 1.18. The Morgan fingerprint density at radius 2 is 0.548 bits per heavy atom. The highest BCUT2D eigenvalue weighted by atomic mass is 32.1. The topological polar surface area (TPSA) is 66.3 Å². The summed E-state index contributed by atoms with van der Waals surface area (Å²) >= 11 is 5.69. The van der Waals surface area contributed by atoms with Crippen LogP contribution in [0.1, 0.15) is 0 Å². The van der Waals surface area contributed by atoms with E-state index >= 15 is 0 Å². The zero-order valence-electron chi connectivity index (χ0n) is 67.7. The molecule has 0 fully saturated rings. The Balaban J connectivity index is 0.000000101. The Morgan fingerprint density at radius 1 is 0.206 bits per heavy atom. The molecule has 0 aliphatic carbocycles. The molecule has 0 radical (unpaired) electrons. The minimum Gasteiger partial charge on any atom is -0.308 e. The van der Waals surface area contributed by atoms with Crippen LogP contribution in [0.3, 0.4) is 0 Å². The van der Waals surface area contributed by atoms with Crippen molar-refractivity contribution in [1.82, 2.24) is 33.6 Å². The second-order valence-corrected chi connectivity index (χ2v) is 35.7. The van der Waals surface area contributed by atoms with Crippen molar-refractivity contribution >= 4 is 225 Å². The highest BCUT2D eigenvalue weighted by molar-refractivity contribution is 7.28. The first-order valence-electron chi connectivity index (χ1n) is 42.6. The van der Waals surface area contributed by atoms with E-state index in [2.05, 4.69) is 408 Å². The van der Waals surface area contributed by atoms with Crippen molar-refractivity contribution in [3.05, 3.63) is 419 Å². The van der Waals surface area contributed by atoms with E-state index in [4.69, 9.17) is 19.9 Å². The summed E-state index contributed by atoms with van der Waals surface area (Å²) in [5.74, 6) is 0.726. The van der Waals surface area contributed by atoms with Gasteiger partial charge in [-0.25, -0.2) is 15.0 Å². The van der Waals surface area contributed by atoms with Gasteiger partial charge in [-0.05, 0) is 147 Å². The van der Waals surface area contributed by atoms with Crippen molar-refractivity contribution in [2.75, 3.05) is 0 Å². The van der Waals surface area contributed by atoms with Gasteiger partial charge in [-0.15, -0.1) is 34.0 Å². The molecule has 28 rings (SSSR count). The maximum Gasteiger partial charge on any atom is 0.160 e. The maximum atomic E-state index is 5.12. The molecule has 0 amide bonds. The lowest BCUT2D eigenvalue weighted by Gasteiger charge is -2.12. The summed E-state index contributed by atoms with van der Waals surface area (Å²) in [6.07, 6.45) is 1.97. The smallest absolute Gasteiger partial charge is 0.160 e. The van der Waals surface area contributed by atoms with E-state index in [1.807, 2.05) is 58.4 Å². The van der Waals surface area contributed by atoms with E-state index < -0.39 is 0 Å². The van der Waals surface area contributed by atoms with E-state index in [9.17, 15) is 0 Å². The molecule has 0 bridgehead atoms. The van der Waals surface area contributed by atoms with Crippen LogP contribution in [-0.2, 0) is 0 Å². The van der Waals surface area contributed by atoms with Crippen molar-refractivity contribution in [2.24, 2.45) is 0 Å². The first-order chi connectivity index (χ1) is 62.5. The summed E-state index contributed by atoms with van der Waals surface area (Å²) in [6, 6.07) is 148. The van der Waals surface area contributed by atoms with Gasteiger partial charge < -0.3 is 13.7 Å². The van der Waals surface area contributed by atoms with Crippen LogP contribution in [0.25, 0.3) is 253 Å². The number of hydrogen-bond donors (Lipinski definition) is 0. The van der Waals surface area contributed by atoms with Gasteiger partial charge in [0.05, 0.1) is 75.3 Å². The summed E-state index contributed by atoms with van der Waals surface area (Å²) in [4.78, 5) is 19.8. The molecule has 0 spiro atoms. The minimum atomic E-state index is 0.726. The largest absolute Gasteiger partial charge is 0.308 e. The second kappa shape index (κ2) is 28.9. The number of hydrogen-bond acceptors (Lipinski definition) is 7. The first-order valence-corrected chi connectivity index (χ1v) is 45.1. The van der Waals surface area contributed by atoms with Crippen LogP contribution in [0, 0.1) is 0 Å². The molecule has 19 aromatic carbocycles. The molecule has 0 N–H and O–H groups in total. The lowest BCUT2D eigenvalue weighted by atomic mass is 9.99. The molecule has 28 aromatic rings. The number of pyridine rings is 2. The average molecular weight is 1660 g/mol. The average Bonchev–Trinajstić information content (AvgIpc) is 1.55. The molecule has 0 aliphatic heterocycles. The number of para-hydroxylation sites is 5. The van der Waals surface area contributed by atoms with Gasteiger partial charge in [0.15, 0.2) is 5.82 Å². The van der Waals surface area contributed by atoms with Gasteiger partial charge in [0, 0.05) is 140 Å². The first kappa shape index (κ1) is 71.9. The molecule has 586 valence electrons. The van der Waals surface area contributed by atoms with Gasteiger partial charge >= 0.3 is 0 Å².